The monoisotopic (exact) mass is 222 g/mol. The molecule has 0 aliphatic heterocycles. The second-order valence-corrected chi connectivity index (χ2v) is 5.15. The van der Waals surface area contributed by atoms with Gasteiger partial charge >= 0.3 is 0 Å². The molecule has 0 atom stereocenters. The molecule has 0 aliphatic rings. The molecule has 0 radical (unpaired) electrons. The molecule has 0 bridgehead atoms. The summed E-state index contributed by atoms with van der Waals surface area (Å²) in [6.07, 6.45) is 3.36. The summed E-state index contributed by atoms with van der Waals surface area (Å²) >= 11 is 1.81. The van der Waals surface area contributed by atoms with Gasteiger partial charge in [-0.2, -0.15) is 0 Å². The van der Waals surface area contributed by atoms with E-state index in [0.29, 0.717) is 0 Å². The smallest absolute Gasteiger partial charge is 0.194 e. The molecular formula is C12H18N2S. The van der Waals surface area contributed by atoms with Gasteiger partial charge in [-0.1, -0.05) is 20.3 Å². The lowest BCUT2D eigenvalue weighted by molar-refractivity contribution is 0.855. The first-order valence-corrected chi connectivity index (χ1v) is 6.46. The van der Waals surface area contributed by atoms with E-state index in [2.05, 4.69) is 32.1 Å². The van der Waals surface area contributed by atoms with Crippen molar-refractivity contribution in [1.82, 2.24) is 9.38 Å². The normalized spacial score (nSPS) is 11.5. The van der Waals surface area contributed by atoms with Crippen LogP contribution in [0.1, 0.15) is 42.2 Å². The van der Waals surface area contributed by atoms with Crippen molar-refractivity contribution in [3.63, 3.8) is 0 Å². The molecule has 2 rings (SSSR count). The molecule has 2 heterocycles. The van der Waals surface area contributed by atoms with Crippen molar-refractivity contribution < 1.29 is 0 Å². The molecule has 2 aromatic rings. The maximum atomic E-state index is 4.74. The number of thiazole rings is 1. The van der Waals surface area contributed by atoms with E-state index < -0.39 is 0 Å². The van der Waals surface area contributed by atoms with Crippen molar-refractivity contribution in [2.45, 2.75) is 47.0 Å². The summed E-state index contributed by atoms with van der Waals surface area (Å²) in [6.45, 7) is 8.79. The second-order valence-electron chi connectivity index (χ2n) is 3.97. The maximum Gasteiger partial charge on any atom is 0.194 e. The van der Waals surface area contributed by atoms with E-state index in [1.165, 1.54) is 33.3 Å². The van der Waals surface area contributed by atoms with Gasteiger partial charge in [0.05, 0.1) is 5.69 Å². The molecule has 0 spiro atoms. The zero-order valence-electron chi connectivity index (χ0n) is 9.92. The maximum absolute atomic E-state index is 4.74. The standard InChI is InChI=1S/C12H18N2S/c1-5-7-10-11(6-2)14-8(3)9(4)15-12(14)13-10/h5-7H2,1-4H3. The fraction of sp³-hybridized carbons (Fsp3) is 0.583. The lowest BCUT2D eigenvalue weighted by Crippen LogP contribution is -1.96. The Hall–Kier alpha value is -0.830. The molecule has 0 aromatic carbocycles. The molecule has 2 aromatic heterocycles. The van der Waals surface area contributed by atoms with Gasteiger partial charge in [-0.25, -0.2) is 4.98 Å². The van der Waals surface area contributed by atoms with E-state index in [1.54, 1.807) is 11.3 Å². The van der Waals surface area contributed by atoms with Gasteiger partial charge in [0.15, 0.2) is 4.96 Å². The number of aryl methyl sites for hydroxylation is 4. The van der Waals surface area contributed by atoms with Gasteiger partial charge in [0, 0.05) is 16.3 Å². The van der Waals surface area contributed by atoms with Crippen molar-refractivity contribution in [3.05, 3.63) is 22.0 Å². The number of fused-ring (bicyclic) bond motifs is 1. The van der Waals surface area contributed by atoms with Crippen LogP contribution in [-0.4, -0.2) is 9.38 Å². The SMILES string of the molecule is CCCc1nc2sc(C)c(C)n2c1CC. The van der Waals surface area contributed by atoms with Crippen LogP contribution in [0.2, 0.25) is 0 Å². The molecule has 82 valence electrons. The van der Waals surface area contributed by atoms with E-state index >= 15 is 0 Å². The third-order valence-corrected chi connectivity index (χ3v) is 3.99. The minimum absolute atomic E-state index is 1.08. The highest BCUT2D eigenvalue weighted by atomic mass is 32.1. The van der Waals surface area contributed by atoms with Crippen LogP contribution in [0.25, 0.3) is 4.96 Å². The largest absolute Gasteiger partial charge is 0.291 e. The van der Waals surface area contributed by atoms with Crippen LogP contribution in [0.15, 0.2) is 0 Å². The average Bonchev–Trinajstić information content (AvgIpc) is 2.66. The molecule has 0 amide bonds. The summed E-state index contributed by atoms with van der Waals surface area (Å²) in [5.74, 6) is 0. The molecule has 0 N–H and O–H groups in total. The van der Waals surface area contributed by atoms with Crippen LogP contribution in [0.3, 0.4) is 0 Å². The highest BCUT2D eigenvalue weighted by molar-refractivity contribution is 7.17. The summed E-state index contributed by atoms with van der Waals surface area (Å²) in [4.78, 5) is 7.29. The number of hydrogen-bond acceptors (Lipinski definition) is 2. The topological polar surface area (TPSA) is 17.3 Å². The summed E-state index contributed by atoms with van der Waals surface area (Å²) in [5.41, 5.74) is 4.07. The van der Waals surface area contributed by atoms with E-state index in [4.69, 9.17) is 4.98 Å². The molecule has 0 aliphatic carbocycles. The first kappa shape index (κ1) is 10.7. The number of nitrogens with zero attached hydrogens (tertiary/aromatic N) is 2. The van der Waals surface area contributed by atoms with Crippen molar-refractivity contribution in [1.29, 1.82) is 0 Å². The zero-order chi connectivity index (χ0) is 11.0. The number of hydrogen-bond donors (Lipinski definition) is 0. The third kappa shape index (κ3) is 1.59. The Bertz CT molecular complexity index is 479. The number of imidazole rings is 1. The summed E-state index contributed by atoms with van der Waals surface area (Å²) < 4.78 is 2.34. The third-order valence-electron chi connectivity index (χ3n) is 2.94. The van der Waals surface area contributed by atoms with Gasteiger partial charge in [-0.05, 0) is 26.7 Å². The van der Waals surface area contributed by atoms with E-state index in [1.807, 2.05) is 0 Å². The first-order chi connectivity index (χ1) is 7.19. The summed E-state index contributed by atoms with van der Waals surface area (Å²) in [6, 6.07) is 0. The highest BCUT2D eigenvalue weighted by Gasteiger charge is 2.14. The van der Waals surface area contributed by atoms with Crippen molar-refractivity contribution in [2.75, 3.05) is 0 Å². The predicted octanol–water partition coefficient (Wildman–Crippen LogP) is 3.53. The molecule has 0 unspecified atom stereocenters. The minimum Gasteiger partial charge on any atom is -0.291 e. The zero-order valence-corrected chi connectivity index (χ0v) is 10.7. The van der Waals surface area contributed by atoms with Gasteiger partial charge in [0.1, 0.15) is 0 Å². The molecule has 0 fully saturated rings. The minimum atomic E-state index is 1.08. The molecule has 3 heteroatoms. The van der Waals surface area contributed by atoms with E-state index in [-0.39, 0.29) is 0 Å². The molecule has 0 saturated carbocycles. The molecular weight excluding hydrogens is 204 g/mol. The van der Waals surface area contributed by atoms with Gasteiger partial charge in [-0.15, -0.1) is 11.3 Å². The molecule has 2 nitrogen and oxygen atoms in total. The Morgan fingerprint density at radius 2 is 2.00 bits per heavy atom. The van der Waals surface area contributed by atoms with Crippen molar-refractivity contribution in [2.24, 2.45) is 0 Å². The lowest BCUT2D eigenvalue weighted by Gasteiger charge is -2.01. The quantitative estimate of drug-likeness (QED) is 0.776. The van der Waals surface area contributed by atoms with E-state index in [9.17, 15) is 0 Å². The fourth-order valence-corrected chi connectivity index (χ4v) is 3.06. The highest BCUT2D eigenvalue weighted by Crippen LogP contribution is 2.26. The van der Waals surface area contributed by atoms with Crippen LogP contribution in [0.5, 0.6) is 0 Å². The van der Waals surface area contributed by atoms with Gasteiger partial charge < -0.3 is 0 Å². The van der Waals surface area contributed by atoms with Gasteiger partial charge in [0.25, 0.3) is 0 Å². The van der Waals surface area contributed by atoms with Gasteiger partial charge in [0.2, 0.25) is 0 Å². The van der Waals surface area contributed by atoms with Crippen LogP contribution >= 0.6 is 11.3 Å². The Balaban J connectivity index is 2.66. The van der Waals surface area contributed by atoms with E-state index in [0.717, 1.165) is 12.8 Å². The van der Waals surface area contributed by atoms with Crippen molar-refractivity contribution >= 4 is 16.3 Å². The number of rotatable bonds is 3. The lowest BCUT2D eigenvalue weighted by atomic mass is 10.2. The van der Waals surface area contributed by atoms with Crippen LogP contribution in [0.4, 0.5) is 0 Å². The van der Waals surface area contributed by atoms with Crippen LogP contribution in [-0.2, 0) is 12.8 Å². The Morgan fingerprint density at radius 3 is 2.60 bits per heavy atom. The van der Waals surface area contributed by atoms with Gasteiger partial charge in [-0.3, -0.25) is 4.40 Å². The predicted molar refractivity (Wildman–Crippen MR) is 65.9 cm³/mol. The average molecular weight is 222 g/mol. The Morgan fingerprint density at radius 1 is 1.27 bits per heavy atom. The number of aromatic nitrogens is 2. The fourth-order valence-electron chi connectivity index (χ4n) is 2.06. The second kappa shape index (κ2) is 3.97. The molecule has 0 saturated heterocycles. The first-order valence-electron chi connectivity index (χ1n) is 5.65. The van der Waals surface area contributed by atoms with Crippen LogP contribution in [0, 0.1) is 13.8 Å². The Kier molecular flexibility index (Phi) is 2.83. The molecule has 15 heavy (non-hydrogen) atoms. The summed E-state index contributed by atoms with van der Waals surface area (Å²) in [5, 5.41) is 0. The van der Waals surface area contributed by atoms with Crippen LogP contribution < -0.4 is 0 Å². The summed E-state index contributed by atoms with van der Waals surface area (Å²) in [7, 11) is 0. The Labute approximate surface area is 95.0 Å². The van der Waals surface area contributed by atoms with Crippen molar-refractivity contribution in [3.8, 4) is 0 Å².